The van der Waals surface area contributed by atoms with Crippen molar-refractivity contribution in [2.75, 3.05) is 6.54 Å². The molecule has 31 heavy (non-hydrogen) atoms. The lowest BCUT2D eigenvalue weighted by molar-refractivity contribution is -0.120. The van der Waals surface area contributed by atoms with Crippen molar-refractivity contribution in [3.05, 3.63) is 106 Å². The summed E-state index contributed by atoms with van der Waals surface area (Å²) < 4.78 is 14.2. The number of rotatable bonds is 8. The fourth-order valence-electron chi connectivity index (χ4n) is 3.00. The van der Waals surface area contributed by atoms with Gasteiger partial charge in [0.2, 0.25) is 5.91 Å². The maximum Gasteiger partial charge on any atom is 0.239 e. The van der Waals surface area contributed by atoms with Gasteiger partial charge in [0.25, 0.3) is 0 Å². The molecule has 0 saturated heterocycles. The standard InChI is InChI=1S/C24H23ClFN3OS/c25-21-12-6-4-10-19(21)14-27-23(30)15-28-24(31)29(16-18-8-2-1-3-9-18)17-20-11-5-7-13-22(20)26/h1-13H,14-17H2,(H,27,30)(H,28,31). The van der Waals surface area contributed by atoms with Gasteiger partial charge in [0, 0.05) is 30.2 Å². The molecule has 0 bridgehead atoms. The normalized spacial score (nSPS) is 10.4. The van der Waals surface area contributed by atoms with Crippen LogP contribution in [0.25, 0.3) is 0 Å². The van der Waals surface area contributed by atoms with Crippen LogP contribution in [0.1, 0.15) is 16.7 Å². The molecule has 160 valence electrons. The van der Waals surface area contributed by atoms with Gasteiger partial charge in [-0.15, -0.1) is 0 Å². The van der Waals surface area contributed by atoms with Crippen molar-refractivity contribution in [2.45, 2.75) is 19.6 Å². The van der Waals surface area contributed by atoms with E-state index in [0.717, 1.165) is 11.1 Å². The lowest BCUT2D eigenvalue weighted by Crippen LogP contribution is -2.43. The molecule has 3 aromatic rings. The van der Waals surface area contributed by atoms with Gasteiger partial charge in [0.15, 0.2) is 5.11 Å². The minimum atomic E-state index is -0.291. The summed E-state index contributed by atoms with van der Waals surface area (Å²) >= 11 is 11.6. The third-order valence-electron chi connectivity index (χ3n) is 4.66. The predicted octanol–water partition coefficient (Wildman–Crippen LogP) is 4.67. The molecular formula is C24H23ClFN3OS. The van der Waals surface area contributed by atoms with Crippen molar-refractivity contribution < 1.29 is 9.18 Å². The smallest absolute Gasteiger partial charge is 0.239 e. The highest BCUT2D eigenvalue weighted by Gasteiger charge is 2.14. The molecule has 0 radical (unpaired) electrons. The zero-order chi connectivity index (χ0) is 22.1. The van der Waals surface area contributed by atoms with E-state index < -0.39 is 0 Å². The molecule has 0 unspecified atom stereocenters. The Balaban J connectivity index is 1.60. The van der Waals surface area contributed by atoms with Crippen LogP contribution in [0.15, 0.2) is 78.9 Å². The average molecular weight is 456 g/mol. The van der Waals surface area contributed by atoms with Crippen molar-refractivity contribution in [1.29, 1.82) is 0 Å². The Labute approximate surface area is 192 Å². The first-order chi connectivity index (χ1) is 15.0. The van der Waals surface area contributed by atoms with Crippen molar-refractivity contribution in [3.8, 4) is 0 Å². The molecule has 3 aromatic carbocycles. The van der Waals surface area contributed by atoms with Gasteiger partial charge in [0.05, 0.1) is 6.54 Å². The first-order valence-electron chi connectivity index (χ1n) is 9.83. The van der Waals surface area contributed by atoms with Crippen molar-refractivity contribution >= 4 is 34.8 Å². The summed E-state index contributed by atoms with van der Waals surface area (Å²) in [6, 6.07) is 23.7. The van der Waals surface area contributed by atoms with Gasteiger partial charge in [0.1, 0.15) is 5.82 Å². The van der Waals surface area contributed by atoms with E-state index in [9.17, 15) is 9.18 Å². The van der Waals surface area contributed by atoms with Crippen LogP contribution in [-0.2, 0) is 24.4 Å². The maximum atomic E-state index is 14.2. The quantitative estimate of drug-likeness (QED) is 0.484. The van der Waals surface area contributed by atoms with Gasteiger partial charge in [-0.3, -0.25) is 4.79 Å². The summed E-state index contributed by atoms with van der Waals surface area (Å²) in [6.45, 7) is 1.11. The van der Waals surface area contributed by atoms with E-state index in [2.05, 4.69) is 10.6 Å². The first-order valence-corrected chi connectivity index (χ1v) is 10.6. The van der Waals surface area contributed by atoms with E-state index in [4.69, 9.17) is 23.8 Å². The Morgan fingerprint density at radius 2 is 1.52 bits per heavy atom. The molecule has 0 aromatic heterocycles. The summed E-state index contributed by atoms with van der Waals surface area (Å²) in [6.07, 6.45) is 0. The highest BCUT2D eigenvalue weighted by molar-refractivity contribution is 7.80. The summed E-state index contributed by atoms with van der Waals surface area (Å²) in [7, 11) is 0. The first kappa shape index (κ1) is 22.7. The summed E-state index contributed by atoms with van der Waals surface area (Å²) in [5.74, 6) is -0.506. The molecule has 7 heteroatoms. The van der Waals surface area contributed by atoms with Crippen molar-refractivity contribution in [2.24, 2.45) is 0 Å². The van der Waals surface area contributed by atoms with Crippen molar-refractivity contribution in [3.63, 3.8) is 0 Å². The Hall–Kier alpha value is -2.96. The second-order valence-electron chi connectivity index (χ2n) is 6.96. The molecule has 0 aliphatic carbocycles. The van der Waals surface area contributed by atoms with Gasteiger partial charge in [-0.2, -0.15) is 0 Å². The third kappa shape index (κ3) is 7.05. The number of benzene rings is 3. The lowest BCUT2D eigenvalue weighted by atomic mass is 10.1. The molecule has 2 N–H and O–H groups in total. The monoisotopic (exact) mass is 455 g/mol. The number of amides is 1. The van der Waals surface area contributed by atoms with Crippen LogP contribution in [0.4, 0.5) is 4.39 Å². The zero-order valence-electron chi connectivity index (χ0n) is 16.9. The van der Waals surface area contributed by atoms with Crippen LogP contribution >= 0.6 is 23.8 Å². The number of hydrogen-bond acceptors (Lipinski definition) is 2. The lowest BCUT2D eigenvalue weighted by Gasteiger charge is -2.26. The van der Waals surface area contributed by atoms with Crippen LogP contribution < -0.4 is 10.6 Å². The fourth-order valence-corrected chi connectivity index (χ4v) is 3.41. The van der Waals surface area contributed by atoms with Crippen LogP contribution in [0.2, 0.25) is 5.02 Å². The number of nitrogens with zero attached hydrogens (tertiary/aromatic N) is 1. The van der Waals surface area contributed by atoms with Gasteiger partial charge in [-0.25, -0.2) is 4.39 Å². The number of carbonyl (C=O) groups excluding carboxylic acids is 1. The molecule has 4 nitrogen and oxygen atoms in total. The van der Waals surface area contributed by atoms with Crippen LogP contribution in [0.3, 0.4) is 0 Å². The number of hydrogen-bond donors (Lipinski definition) is 2. The van der Waals surface area contributed by atoms with Crippen LogP contribution in [-0.4, -0.2) is 22.5 Å². The highest BCUT2D eigenvalue weighted by Crippen LogP contribution is 2.15. The molecule has 1 amide bonds. The minimum absolute atomic E-state index is 0.00580. The molecule has 0 aliphatic rings. The second-order valence-corrected chi connectivity index (χ2v) is 7.75. The summed E-state index contributed by atoms with van der Waals surface area (Å²) in [5, 5.41) is 6.78. The molecule has 0 spiro atoms. The minimum Gasteiger partial charge on any atom is -0.353 e. The van der Waals surface area contributed by atoms with Gasteiger partial charge >= 0.3 is 0 Å². The Kier molecular flexibility index (Phi) is 8.38. The van der Waals surface area contributed by atoms with E-state index in [-0.39, 0.29) is 24.8 Å². The second kappa shape index (κ2) is 11.4. The van der Waals surface area contributed by atoms with Crippen molar-refractivity contribution in [1.82, 2.24) is 15.5 Å². The molecule has 0 fully saturated rings. The van der Waals surface area contributed by atoms with E-state index in [1.807, 2.05) is 53.4 Å². The number of halogens is 2. The SMILES string of the molecule is O=C(CNC(=S)N(Cc1ccccc1)Cc1ccccc1F)NCc1ccccc1Cl. The number of thiocarbonyl (C=S) groups is 1. The highest BCUT2D eigenvalue weighted by atomic mass is 35.5. The fraction of sp³-hybridized carbons (Fsp3) is 0.167. The van der Waals surface area contributed by atoms with E-state index in [1.54, 1.807) is 24.3 Å². The number of nitrogens with one attached hydrogen (secondary N) is 2. The van der Waals surface area contributed by atoms with E-state index in [0.29, 0.717) is 28.8 Å². The maximum absolute atomic E-state index is 14.2. The molecule has 0 aliphatic heterocycles. The zero-order valence-corrected chi connectivity index (χ0v) is 18.4. The van der Waals surface area contributed by atoms with E-state index in [1.165, 1.54) is 6.07 Å². The van der Waals surface area contributed by atoms with Crippen LogP contribution in [0, 0.1) is 5.82 Å². The van der Waals surface area contributed by atoms with Gasteiger partial charge < -0.3 is 15.5 Å². The van der Waals surface area contributed by atoms with Crippen LogP contribution in [0.5, 0.6) is 0 Å². The van der Waals surface area contributed by atoms with Gasteiger partial charge in [-0.1, -0.05) is 78.3 Å². The predicted molar refractivity (Wildman–Crippen MR) is 126 cm³/mol. The molecule has 3 rings (SSSR count). The third-order valence-corrected chi connectivity index (χ3v) is 5.43. The topological polar surface area (TPSA) is 44.4 Å². The van der Waals surface area contributed by atoms with E-state index >= 15 is 0 Å². The average Bonchev–Trinajstić information content (AvgIpc) is 2.78. The largest absolute Gasteiger partial charge is 0.353 e. The molecule has 0 heterocycles. The molecule has 0 saturated carbocycles. The Morgan fingerprint density at radius 1 is 0.871 bits per heavy atom. The van der Waals surface area contributed by atoms with Gasteiger partial charge in [-0.05, 0) is 35.5 Å². The number of carbonyl (C=O) groups is 1. The Morgan fingerprint density at radius 3 is 2.23 bits per heavy atom. The summed E-state index contributed by atoms with van der Waals surface area (Å²) in [5.41, 5.74) is 2.40. The molecule has 0 atom stereocenters. The Bertz CT molecular complexity index is 1030. The summed E-state index contributed by atoms with van der Waals surface area (Å²) in [4.78, 5) is 14.1. The molecular weight excluding hydrogens is 433 g/mol.